The summed E-state index contributed by atoms with van der Waals surface area (Å²) >= 11 is 3.45. The monoisotopic (exact) mass is 524 g/mol. The number of anilines is 2. The lowest BCUT2D eigenvalue weighted by atomic mass is 9.78. The van der Waals surface area contributed by atoms with Crippen molar-refractivity contribution in [2.75, 3.05) is 16.8 Å². The Morgan fingerprint density at radius 3 is 2.44 bits per heavy atom. The molecule has 3 amide bonds. The van der Waals surface area contributed by atoms with E-state index in [9.17, 15) is 19.2 Å². The number of benzene rings is 2. The molecule has 0 bridgehead atoms. The third-order valence-electron chi connectivity index (χ3n) is 6.56. The van der Waals surface area contributed by atoms with Crippen LogP contribution in [0.4, 0.5) is 11.4 Å². The van der Waals surface area contributed by atoms with Gasteiger partial charge in [0.15, 0.2) is 6.61 Å². The number of carbonyl (C=O) groups excluding carboxylic acids is 4. The number of esters is 1. The van der Waals surface area contributed by atoms with Crippen LogP contribution in [0.15, 0.2) is 53.0 Å². The number of rotatable bonds is 5. The van der Waals surface area contributed by atoms with Crippen molar-refractivity contribution in [3.8, 4) is 0 Å². The molecule has 3 atom stereocenters. The predicted octanol–water partition coefficient (Wildman–Crippen LogP) is 4.56. The molecule has 0 saturated carbocycles. The van der Waals surface area contributed by atoms with Crippen molar-refractivity contribution in [1.29, 1.82) is 0 Å². The van der Waals surface area contributed by atoms with E-state index < -0.39 is 18.5 Å². The van der Waals surface area contributed by atoms with Crippen molar-refractivity contribution in [2.24, 2.45) is 17.8 Å². The van der Waals surface area contributed by atoms with Gasteiger partial charge in [0.25, 0.3) is 5.91 Å². The first-order valence-electron chi connectivity index (χ1n) is 11.1. The van der Waals surface area contributed by atoms with Crippen LogP contribution in [0.3, 0.4) is 0 Å². The van der Waals surface area contributed by atoms with Crippen molar-refractivity contribution < 1.29 is 23.9 Å². The van der Waals surface area contributed by atoms with E-state index >= 15 is 0 Å². The highest BCUT2D eigenvalue weighted by Crippen LogP contribution is 2.40. The number of fused-ring (bicyclic) bond motifs is 1. The molecule has 34 heavy (non-hydrogen) atoms. The number of nitrogens with one attached hydrogen (secondary N) is 1. The summed E-state index contributed by atoms with van der Waals surface area (Å²) in [6.07, 6.45) is 4.49. The molecule has 0 radical (unpaired) electrons. The Morgan fingerprint density at radius 1 is 1.06 bits per heavy atom. The van der Waals surface area contributed by atoms with E-state index in [1.54, 1.807) is 18.2 Å². The van der Waals surface area contributed by atoms with Crippen molar-refractivity contribution >= 4 is 51.0 Å². The highest BCUT2D eigenvalue weighted by atomic mass is 79.9. The van der Waals surface area contributed by atoms with Gasteiger partial charge in [-0.2, -0.15) is 0 Å². The van der Waals surface area contributed by atoms with Gasteiger partial charge in [0.2, 0.25) is 11.8 Å². The van der Waals surface area contributed by atoms with Crippen LogP contribution >= 0.6 is 15.9 Å². The number of imide groups is 1. The van der Waals surface area contributed by atoms with Crippen molar-refractivity contribution in [2.45, 2.75) is 27.2 Å². The second kappa shape index (κ2) is 9.54. The van der Waals surface area contributed by atoms with Crippen molar-refractivity contribution in [3.63, 3.8) is 0 Å². The zero-order valence-electron chi connectivity index (χ0n) is 19.1. The minimum absolute atomic E-state index is 0.00529. The molecular weight excluding hydrogens is 500 g/mol. The molecular formula is C26H25BrN2O5. The SMILES string of the molecule is Cc1c(Br)ccc(NC(=O)COC(=O)c2ccc(N3C(=O)[C@H]4[C@@H](C)C=CC[C@H]4C3=O)cc2)c1C. The maximum absolute atomic E-state index is 12.9. The fraction of sp³-hybridized carbons (Fsp3) is 0.308. The minimum atomic E-state index is -0.670. The summed E-state index contributed by atoms with van der Waals surface area (Å²) in [6, 6.07) is 9.70. The number of amides is 3. The van der Waals surface area contributed by atoms with Crippen LogP contribution < -0.4 is 10.2 Å². The number of ether oxygens (including phenoxy) is 1. The molecule has 8 heteroatoms. The first kappa shape index (κ1) is 23.9. The molecule has 176 valence electrons. The van der Waals surface area contributed by atoms with Crippen molar-refractivity contribution in [3.05, 3.63) is 69.7 Å². The van der Waals surface area contributed by atoms with Gasteiger partial charge in [-0.1, -0.05) is 35.0 Å². The standard InChI is InChI=1S/C26H25BrN2O5/c1-14-5-4-6-19-23(14)25(32)29(24(19)31)18-9-7-17(8-10-18)26(33)34-13-22(30)28-21-12-11-20(27)15(2)16(21)3/h4-5,7-12,14,19,23H,6,13H2,1-3H3,(H,28,30)/t14-,19+,23-/m0/s1. The summed E-state index contributed by atoms with van der Waals surface area (Å²) in [4.78, 5) is 51.6. The van der Waals surface area contributed by atoms with E-state index in [-0.39, 0.29) is 35.1 Å². The number of allylic oxidation sites excluding steroid dienone is 2. The Hall–Kier alpha value is -3.26. The Bertz CT molecular complexity index is 1200. The smallest absolute Gasteiger partial charge is 0.338 e. The van der Waals surface area contributed by atoms with Crippen LogP contribution in [-0.2, 0) is 19.1 Å². The molecule has 7 nitrogen and oxygen atoms in total. The lowest BCUT2D eigenvalue weighted by molar-refractivity contribution is -0.123. The summed E-state index contributed by atoms with van der Waals surface area (Å²) in [5, 5.41) is 2.75. The van der Waals surface area contributed by atoms with Crippen LogP contribution in [0.5, 0.6) is 0 Å². The molecule has 1 fully saturated rings. The number of halogens is 1. The fourth-order valence-electron chi connectivity index (χ4n) is 4.47. The lowest BCUT2D eigenvalue weighted by Gasteiger charge is -2.22. The average molecular weight is 525 g/mol. The maximum Gasteiger partial charge on any atom is 0.338 e. The molecule has 1 aliphatic carbocycles. The molecule has 0 spiro atoms. The Balaban J connectivity index is 1.37. The quantitative estimate of drug-likeness (QED) is 0.351. The lowest BCUT2D eigenvalue weighted by Crippen LogP contribution is -2.31. The summed E-state index contributed by atoms with van der Waals surface area (Å²) in [6.45, 7) is 5.33. The summed E-state index contributed by atoms with van der Waals surface area (Å²) in [5.74, 6) is -2.23. The van der Waals surface area contributed by atoms with Crippen LogP contribution in [0.25, 0.3) is 0 Å². The largest absolute Gasteiger partial charge is 0.452 e. The Kier molecular flexibility index (Phi) is 6.70. The van der Waals surface area contributed by atoms with Gasteiger partial charge in [0, 0.05) is 10.2 Å². The Morgan fingerprint density at radius 2 is 1.76 bits per heavy atom. The molecule has 1 aliphatic heterocycles. The highest BCUT2D eigenvalue weighted by molar-refractivity contribution is 9.10. The van der Waals surface area contributed by atoms with Gasteiger partial charge in [-0.25, -0.2) is 4.79 Å². The number of hydrogen-bond acceptors (Lipinski definition) is 5. The molecule has 4 rings (SSSR count). The van der Waals surface area contributed by atoms with Crippen LogP contribution in [0, 0.1) is 31.6 Å². The van der Waals surface area contributed by atoms with Gasteiger partial charge in [-0.05, 0) is 73.7 Å². The van der Waals surface area contributed by atoms with Crippen LogP contribution in [-0.4, -0.2) is 30.3 Å². The molecule has 0 unspecified atom stereocenters. The first-order valence-corrected chi connectivity index (χ1v) is 11.9. The van der Waals surface area contributed by atoms with Gasteiger partial charge in [0.05, 0.1) is 23.1 Å². The van der Waals surface area contributed by atoms with Gasteiger partial charge >= 0.3 is 5.97 Å². The van der Waals surface area contributed by atoms with Gasteiger partial charge in [-0.15, -0.1) is 0 Å². The van der Waals surface area contributed by atoms with Gasteiger partial charge in [-0.3, -0.25) is 19.3 Å². The summed E-state index contributed by atoms with van der Waals surface area (Å²) in [7, 11) is 0. The number of nitrogens with zero attached hydrogens (tertiary/aromatic N) is 1. The molecule has 1 heterocycles. The van der Waals surface area contributed by atoms with E-state index in [0.29, 0.717) is 17.8 Å². The average Bonchev–Trinajstić information content (AvgIpc) is 3.09. The molecule has 2 aliphatic rings. The number of hydrogen-bond donors (Lipinski definition) is 1. The zero-order valence-corrected chi connectivity index (χ0v) is 20.7. The molecule has 1 saturated heterocycles. The van der Waals surface area contributed by atoms with Crippen LogP contribution in [0.1, 0.15) is 34.8 Å². The minimum Gasteiger partial charge on any atom is -0.452 e. The third-order valence-corrected chi connectivity index (χ3v) is 7.42. The van der Waals surface area contributed by atoms with E-state index in [2.05, 4.69) is 21.2 Å². The molecule has 0 aromatic heterocycles. The summed E-state index contributed by atoms with van der Waals surface area (Å²) < 4.78 is 6.08. The van der Waals surface area contributed by atoms with Gasteiger partial charge < -0.3 is 10.1 Å². The third kappa shape index (κ3) is 4.42. The molecule has 2 aromatic carbocycles. The normalized spacial score (nSPS) is 21.4. The predicted molar refractivity (Wildman–Crippen MR) is 131 cm³/mol. The zero-order chi connectivity index (χ0) is 24.6. The molecule has 2 aromatic rings. The van der Waals surface area contributed by atoms with Crippen LogP contribution in [0.2, 0.25) is 0 Å². The maximum atomic E-state index is 12.9. The Labute approximate surface area is 206 Å². The first-order chi connectivity index (χ1) is 16.2. The van der Waals surface area contributed by atoms with E-state index in [1.807, 2.05) is 39.0 Å². The topological polar surface area (TPSA) is 92.8 Å². The second-order valence-electron chi connectivity index (χ2n) is 8.68. The van der Waals surface area contributed by atoms with Gasteiger partial charge in [0.1, 0.15) is 0 Å². The van der Waals surface area contributed by atoms with E-state index in [0.717, 1.165) is 15.6 Å². The van der Waals surface area contributed by atoms with E-state index in [1.165, 1.54) is 17.0 Å². The van der Waals surface area contributed by atoms with E-state index in [4.69, 9.17) is 4.74 Å². The fourth-order valence-corrected chi connectivity index (χ4v) is 4.90. The number of carbonyl (C=O) groups is 4. The van der Waals surface area contributed by atoms with Crippen molar-refractivity contribution in [1.82, 2.24) is 0 Å². The summed E-state index contributed by atoms with van der Waals surface area (Å²) in [5.41, 5.74) is 3.22. The molecule has 1 N–H and O–H groups in total. The highest BCUT2D eigenvalue weighted by Gasteiger charge is 2.50. The second-order valence-corrected chi connectivity index (χ2v) is 9.54.